The molecule has 3 N–H and O–H groups in total. The summed E-state index contributed by atoms with van der Waals surface area (Å²) in [6.07, 6.45) is 7.26. The maximum atomic E-state index is 4.51. The van der Waals surface area contributed by atoms with E-state index in [1.165, 1.54) is 31.4 Å². The largest absolute Gasteiger partial charge is 0.354 e. The smallest absolute Gasteiger partial charge is 0.250 e. The van der Waals surface area contributed by atoms with Gasteiger partial charge in [0.05, 0.1) is 0 Å². The lowest BCUT2D eigenvalue weighted by Crippen LogP contribution is -2.16. The molecule has 1 aliphatic rings. The number of aromatic nitrogens is 3. The highest BCUT2D eigenvalue weighted by molar-refractivity contribution is 5.85. The summed E-state index contributed by atoms with van der Waals surface area (Å²) in [5.41, 5.74) is 4.22. The summed E-state index contributed by atoms with van der Waals surface area (Å²) < 4.78 is 0. The van der Waals surface area contributed by atoms with E-state index < -0.39 is 0 Å². The maximum Gasteiger partial charge on any atom is 0.250 e. The molecule has 0 atom stereocenters. The number of hydrogen-bond donors (Lipinski definition) is 3. The van der Waals surface area contributed by atoms with Gasteiger partial charge in [0.2, 0.25) is 17.8 Å². The Balaban J connectivity index is 1.97. The Morgan fingerprint density at radius 3 is 2.00 bits per heavy atom. The molecule has 0 aromatic carbocycles. The minimum absolute atomic E-state index is 0.482. The molecule has 7 nitrogen and oxygen atoms in total. The second-order valence-electron chi connectivity index (χ2n) is 5.89. The van der Waals surface area contributed by atoms with Crippen LogP contribution in [0.4, 0.5) is 17.8 Å². The summed E-state index contributed by atoms with van der Waals surface area (Å²) >= 11 is 0. The highest BCUT2D eigenvalue weighted by atomic mass is 15.4. The van der Waals surface area contributed by atoms with E-state index in [4.69, 9.17) is 0 Å². The van der Waals surface area contributed by atoms with Crippen molar-refractivity contribution in [2.75, 3.05) is 29.1 Å². The SMILES string of the molecule is CCCC1CCC(=NNc2nc(NCC)nc(NCC)n2)CC1. The highest BCUT2D eigenvalue weighted by Crippen LogP contribution is 2.26. The molecule has 128 valence electrons. The third-order valence-corrected chi connectivity index (χ3v) is 4.00. The predicted octanol–water partition coefficient (Wildman–Crippen LogP) is 3.49. The lowest BCUT2D eigenvalue weighted by molar-refractivity contribution is 0.408. The van der Waals surface area contributed by atoms with E-state index in [1.807, 2.05) is 13.8 Å². The van der Waals surface area contributed by atoms with Crippen molar-refractivity contribution in [1.29, 1.82) is 0 Å². The lowest BCUT2D eigenvalue weighted by Gasteiger charge is -2.22. The monoisotopic (exact) mass is 319 g/mol. The molecule has 23 heavy (non-hydrogen) atoms. The standard InChI is InChI=1S/C16H29N7/c1-4-7-12-8-10-13(11-9-12)22-23-16-20-14(17-5-2)19-15(21-16)18-6-3/h12H,4-11H2,1-3H3,(H3,17,18,19,20,21,23). The summed E-state index contributed by atoms with van der Waals surface area (Å²) in [6, 6.07) is 0. The molecular weight excluding hydrogens is 290 g/mol. The molecule has 0 bridgehead atoms. The third-order valence-electron chi connectivity index (χ3n) is 4.00. The number of nitrogens with zero attached hydrogens (tertiary/aromatic N) is 4. The molecule has 0 aliphatic heterocycles. The zero-order valence-electron chi connectivity index (χ0n) is 14.5. The second kappa shape index (κ2) is 9.27. The number of hydrogen-bond acceptors (Lipinski definition) is 7. The van der Waals surface area contributed by atoms with Gasteiger partial charge in [-0.2, -0.15) is 20.1 Å². The molecule has 0 unspecified atom stereocenters. The first-order valence-electron chi connectivity index (χ1n) is 8.80. The van der Waals surface area contributed by atoms with Gasteiger partial charge in [-0.3, -0.25) is 0 Å². The normalized spacial score (nSPS) is 17.7. The first kappa shape index (κ1) is 17.4. The highest BCUT2D eigenvalue weighted by Gasteiger charge is 2.17. The molecule has 0 saturated heterocycles. The first-order chi connectivity index (χ1) is 11.2. The van der Waals surface area contributed by atoms with Crippen molar-refractivity contribution in [3.63, 3.8) is 0 Å². The minimum Gasteiger partial charge on any atom is -0.354 e. The van der Waals surface area contributed by atoms with E-state index in [2.05, 4.69) is 43.0 Å². The van der Waals surface area contributed by atoms with Crippen molar-refractivity contribution in [2.45, 2.75) is 59.3 Å². The Morgan fingerprint density at radius 2 is 1.48 bits per heavy atom. The number of anilines is 3. The second-order valence-corrected chi connectivity index (χ2v) is 5.89. The van der Waals surface area contributed by atoms with Gasteiger partial charge >= 0.3 is 0 Å². The molecule has 0 spiro atoms. The minimum atomic E-state index is 0.482. The van der Waals surface area contributed by atoms with Gasteiger partial charge in [0, 0.05) is 18.8 Å². The molecule has 0 amide bonds. The van der Waals surface area contributed by atoms with Crippen molar-refractivity contribution in [3.05, 3.63) is 0 Å². The molecule has 0 radical (unpaired) electrons. The summed E-state index contributed by atoms with van der Waals surface area (Å²) in [4.78, 5) is 13.0. The molecule has 2 rings (SSSR count). The van der Waals surface area contributed by atoms with Crippen LogP contribution >= 0.6 is 0 Å². The van der Waals surface area contributed by atoms with Crippen molar-refractivity contribution < 1.29 is 0 Å². The fraction of sp³-hybridized carbons (Fsp3) is 0.750. The molecule has 1 fully saturated rings. The van der Waals surface area contributed by atoms with Crippen molar-refractivity contribution in [3.8, 4) is 0 Å². The Bertz CT molecular complexity index is 481. The first-order valence-corrected chi connectivity index (χ1v) is 8.80. The van der Waals surface area contributed by atoms with Crippen LogP contribution in [0.15, 0.2) is 5.10 Å². The Kier molecular flexibility index (Phi) is 7.03. The fourth-order valence-electron chi connectivity index (χ4n) is 2.85. The van der Waals surface area contributed by atoms with Gasteiger partial charge in [-0.05, 0) is 45.4 Å². The lowest BCUT2D eigenvalue weighted by atomic mass is 9.85. The van der Waals surface area contributed by atoms with Gasteiger partial charge in [-0.15, -0.1) is 0 Å². The number of rotatable bonds is 8. The topological polar surface area (TPSA) is 87.1 Å². The van der Waals surface area contributed by atoms with Crippen LogP contribution in [0.1, 0.15) is 59.3 Å². The zero-order valence-corrected chi connectivity index (χ0v) is 14.5. The van der Waals surface area contributed by atoms with E-state index in [0.717, 1.165) is 31.8 Å². The van der Waals surface area contributed by atoms with Crippen LogP contribution in [0, 0.1) is 5.92 Å². The maximum absolute atomic E-state index is 4.51. The summed E-state index contributed by atoms with van der Waals surface area (Å²) in [7, 11) is 0. The van der Waals surface area contributed by atoms with Crippen LogP contribution in [0.3, 0.4) is 0 Å². The van der Waals surface area contributed by atoms with Gasteiger partial charge in [0.25, 0.3) is 0 Å². The van der Waals surface area contributed by atoms with Gasteiger partial charge < -0.3 is 10.6 Å². The Hall–Kier alpha value is -1.92. The van der Waals surface area contributed by atoms with Crippen molar-refractivity contribution in [1.82, 2.24) is 15.0 Å². The average Bonchev–Trinajstić information content (AvgIpc) is 2.55. The number of hydrazone groups is 1. The quantitative estimate of drug-likeness (QED) is 0.636. The summed E-state index contributed by atoms with van der Waals surface area (Å²) in [5, 5.41) is 10.7. The Labute approximate surface area is 138 Å². The predicted molar refractivity (Wildman–Crippen MR) is 96.1 cm³/mol. The molecule has 1 aliphatic carbocycles. The van der Waals surface area contributed by atoms with E-state index in [9.17, 15) is 0 Å². The van der Waals surface area contributed by atoms with Crippen LogP contribution in [0.25, 0.3) is 0 Å². The summed E-state index contributed by atoms with van der Waals surface area (Å²) in [5.74, 6) is 2.48. The third kappa shape index (κ3) is 5.65. The van der Waals surface area contributed by atoms with E-state index >= 15 is 0 Å². The van der Waals surface area contributed by atoms with E-state index in [0.29, 0.717) is 17.8 Å². The molecular formula is C16H29N7. The van der Waals surface area contributed by atoms with Crippen LogP contribution in [0.5, 0.6) is 0 Å². The molecule has 1 aromatic rings. The number of nitrogens with one attached hydrogen (secondary N) is 3. The van der Waals surface area contributed by atoms with Crippen molar-refractivity contribution in [2.24, 2.45) is 11.0 Å². The van der Waals surface area contributed by atoms with Gasteiger partial charge in [0.1, 0.15) is 0 Å². The van der Waals surface area contributed by atoms with Crippen LogP contribution < -0.4 is 16.1 Å². The van der Waals surface area contributed by atoms with Crippen LogP contribution in [-0.4, -0.2) is 33.8 Å². The molecule has 1 saturated carbocycles. The van der Waals surface area contributed by atoms with E-state index in [-0.39, 0.29) is 0 Å². The van der Waals surface area contributed by atoms with Gasteiger partial charge in [-0.1, -0.05) is 19.8 Å². The van der Waals surface area contributed by atoms with Crippen LogP contribution in [0.2, 0.25) is 0 Å². The van der Waals surface area contributed by atoms with E-state index in [1.54, 1.807) is 0 Å². The molecule has 1 aromatic heterocycles. The average molecular weight is 319 g/mol. The fourth-order valence-corrected chi connectivity index (χ4v) is 2.85. The van der Waals surface area contributed by atoms with Crippen LogP contribution in [-0.2, 0) is 0 Å². The molecule has 1 heterocycles. The zero-order chi connectivity index (χ0) is 16.5. The Morgan fingerprint density at radius 1 is 0.913 bits per heavy atom. The van der Waals surface area contributed by atoms with Gasteiger partial charge in [0.15, 0.2) is 0 Å². The molecule has 7 heteroatoms. The van der Waals surface area contributed by atoms with Gasteiger partial charge in [-0.25, -0.2) is 5.43 Å². The summed E-state index contributed by atoms with van der Waals surface area (Å²) in [6.45, 7) is 7.82. The van der Waals surface area contributed by atoms with Crippen molar-refractivity contribution >= 4 is 23.6 Å².